The number of para-hydroxylation sites is 1. The zero-order chi connectivity index (χ0) is 12.1. The minimum Gasteiger partial charge on any atom is -0.361 e. The lowest BCUT2D eigenvalue weighted by molar-refractivity contribution is 0.981. The molecule has 0 saturated carbocycles. The first kappa shape index (κ1) is 11.6. The lowest BCUT2D eigenvalue weighted by Gasteiger charge is -1.95. The number of aromatic amines is 1. The van der Waals surface area contributed by atoms with Gasteiger partial charge in [-0.2, -0.15) is 0 Å². The van der Waals surface area contributed by atoms with E-state index in [2.05, 4.69) is 54.3 Å². The molecule has 0 aliphatic heterocycles. The Hall–Kier alpha value is -1.83. The van der Waals surface area contributed by atoms with Crippen molar-refractivity contribution in [3.63, 3.8) is 0 Å². The number of nitrogens with zero attached hydrogens (tertiary/aromatic N) is 1. The molecular formula is C15H18N2. The maximum Gasteiger partial charge on any atom is 0.0456 e. The summed E-state index contributed by atoms with van der Waals surface area (Å²) in [6.07, 6.45) is 7.00. The monoisotopic (exact) mass is 226 g/mol. The Bertz CT molecular complexity index is 543. The van der Waals surface area contributed by atoms with Crippen LogP contribution in [0.2, 0.25) is 0 Å². The molecule has 2 rings (SSSR count). The average molecular weight is 226 g/mol. The Labute approximate surface area is 102 Å². The molecule has 0 radical (unpaired) electrons. The van der Waals surface area contributed by atoms with Gasteiger partial charge in [-0.05, 0) is 38.0 Å². The zero-order valence-electron chi connectivity index (χ0n) is 10.4. The van der Waals surface area contributed by atoms with Crippen molar-refractivity contribution in [2.24, 2.45) is 4.99 Å². The summed E-state index contributed by atoms with van der Waals surface area (Å²) in [6.45, 7) is 4.99. The molecule has 0 saturated heterocycles. The molecular weight excluding hydrogens is 208 g/mol. The smallest absolute Gasteiger partial charge is 0.0456 e. The minimum atomic E-state index is 0.839. The summed E-state index contributed by atoms with van der Waals surface area (Å²) in [5.41, 5.74) is 3.83. The number of aromatic nitrogens is 1. The molecule has 0 atom stereocenters. The van der Waals surface area contributed by atoms with Crippen LogP contribution in [0.25, 0.3) is 10.9 Å². The Balaban J connectivity index is 2.00. The molecule has 0 bridgehead atoms. The largest absolute Gasteiger partial charge is 0.361 e. The van der Waals surface area contributed by atoms with Crippen LogP contribution < -0.4 is 0 Å². The van der Waals surface area contributed by atoms with E-state index in [-0.39, 0.29) is 0 Å². The van der Waals surface area contributed by atoms with Gasteiger partial charge in [0.15, 0.2) is 0 Å². The maximum absolute atomic E-state index is 4.38. The lowest BCUT2D eigenvalue weighted by atomic mass is 10.1. The number of rotatable bonds is 4. The third-order valence-corrected chi connectivity index (χ3v) is 2.70. The van der Waals surface area contributed by atoms with Gasteiger partial charge in [0.2, 0.25) is 0 Å². The quantitative estimate of drug-likeness (QED) is 0.769. The van der Waals surface area contributed by atoms with E-state index in [0.717, 1.165) is 13.0 Å². The first-order valence-electron chi connectivity index (χ1n) is 5.95. The van der Waals surface area contributed by atoms with Crippen molar-refractivity contribution in [3.05, 3.63) is 47.7 Å². The van der Waals surface area contributed by atoms with E-state index in [4.69, 9.17) is 0 Å². The highest BCUT2D eigenvalue weighted by Gasteiger charge is 2.00. The van der Waals surface area contributed by atoms with Crippen LogP contribution in [-0.2, 0) is 6.42 Å². The van der Waals surface area contributed by atoms with Crippen LogP contribution in [0, 0.1) is 0 Å². The van der Waals surface area contributed by atoms with Crippen LogP contribution in [0.15, 0.2) is 47.1 Å². The van der Waals surface area contributed by atoms with Crippen LogP contribution in [0.1, 0.15) is 19.4 Å². The zero-order valence-corrected chi connectivity index (χ0v) is 10.4. The highest BCUT2D eigenvalue weighted by Crippen LogP contribution is 2.17. The summed E-state index contributed by atoms with van der Waals surface area (Å²) in [5.74, 6) is 0. The van der Waals surface area contributed by atoms with Crippen LogP contribution in [-0.4, -0.2) is 17.7 Å². The Morgan fingerprint density at radius 2 is 2.12 bits per heavy atom. The van der Waals surface area contributed by atoms with E-state index in [1.54, 1.807) is 0 Å². The molecule has 88 valence electrons. The van der Waals surface area contributed by atoms with E-state index in [1.807, 2.05) is 12.3 Å². The van der Waals surface area contributed by atoms with Gasteiger partial charge in [-0.25, -0.2) is 0 Å². The topological polar surface area (TPSA) is 28.1 Å². The summed E-state index contributed by atoms with van der Waals surface area (Å²) in [4.78, 5) is 7.66. The highest BCUT2D eigenvalue weighted by molar-refractivity contribution is 5.83. The molecule has 2 nitrogen and oxygen atoms in total. The van der Waals surface area contributed by atoms with Gasteiger partial charge >= 0.3 is 0 Å². The van der Waals surface area contributed by atoms with Crippen LogP contribution >= 0.6 is 0 Å². The molecule has 0 aliphatic rings. The third-order valence-electron chi connectivity index (χ3n) is 2.70. The molecule has 2 heteroatoms. The molecule has 0 unspecified atom stereocenters. The molecule has 0 aliphatic carbocycles. The van der Waals surface area contributed by atoms with Gasteiger partial charge < -0.3 is 4.98 Å². The van der Waals surface area contributed by atoms with Gasteiger partial charge in [0.25, 0.3) is 0 Å². The highest BCUT2D eigenvalue weighted by atomic mass is 14.7. The number of hydrogen-bond donors (Lipinski definition) is 1. The number of benzene rings is 1. The van der Waals surface area contributed by atoms with Crippen molar-refractivity contribution in [1.29, 1.82) is 0 Å². The van der Waals surface area contributed by atoms with Crippen molar-refractivity contribution in [1.82, 2.24) is 4.98 Å². The number of allylic oxidation sites excluding steroid dienone is 2. The summed E-state index contributed by atoms with van der Waals surface area (Å²) < 4.78 is 0. The molecule has 0 spiro atoms. The fourth-order valence-electron chi connectivity index (χ4n) is 1.80. The van der Waals surface area contributed by atoms with E-state index >= 15 is 0 Å². The first-order chi connectivity index (χ1) is 8.27. The molecule has 1 aromatic heterocycles. The van der Waals surface area contributed by atoms with E-state index < -0.39 is 0 Å². The SMILES string of the molecule is CC(C)=CC=NCCc1c[nH]c2ccccc12. The first-order valence-corrected chi connectivity index (χ1v) is 5.95. The van der Waals surface area contributed by atoms with Crippen molar-refractivity contribution in [2.45, 2.75) is 20.3 Å². The number of nitrogens with one attached hydrogen (secondary N) is 1. The molecule has 1 aromatic carbocycles. The average Bonchev–Trinajstić information content (AvgIpc) is 2.72. The molecule has 17 heavy (non-hydrogen) atoms. The summed E-state index contributed by atoms with van der Waals surface area (Å²) in [6, 6.07) is 8.38. The third kappa shape index (κ3) is 3.06. The van der Waals surface area contributed by atoms with E-state index in [0.29, 0.717) is 0 Å². The summed E-state index contributed by atoms with van der Waals surface area (Å²) in [5, 5.41) is 1.31. The van der Waals surface area contributed by atoms with Crippen molar-refractivity contribution < 1.29 is 0 Å². The Kier molecular flexibility index (Phi) is 3.76. The van der Waals surface area contributed by atoms with Gasteiger partial charge in [0.1, 0.15) is 0 Å². The number of fused-ring (bicyclic) bond motifs is 1. The van der Waals surface area contributed by atoms with E-state index in [9.17, 15) is 0 Å². The lowest BCUT2D eigenvalue weighted by Crippen LogP contribution is -1.88. The van der Waals surface area contributed by atoms with Crippen molar-refractivity contribution >= 4 is 17.1 Å². The normalized spacial score (nSPS) is 11.2. The number of hydrogen-bond acceptors (Lipinski definition) is 1. The Morgan fingerprint density at radius 1 is 1.29 bits per heavy atom. The maximum atomic E-state index is 4.38. The minimum absolute atomic E-state index is 0.839. The second kappa shape index (κ2) is 5.48. The second-order valence-electron chi connectivity index (χ2n) is 4.41. The number of H-pyrrole nitrogens is 1. The van der Waals surface area contributed by atoms with Crippen LogP contribution in [0.3, 0.4) is 0 Å². The van der Waals surface area contributed by atoms with Gasteiger partial charge in [0, 0.05) is 29.9 Å². The standard InChI is InChI=1S/C15H18N2/c1-12(2)7-9-16-10-8-13-11-17-15-6-4-3-5-14(13)15/h3-7,9,11,17H,8,10H2,1-2H3. The van der Waals surface area contributed by atoms with Gasteiger partial charge in [-0.1, -0.05) is 23.8 Å². The van der Waals surface area contributed by atoms with Crippen molar-refractivity contribution in [2.75, 3.05) is 6.54 Å². The summed E-state index contributed by atoms with van der Waals surface area (Å²) >= 11 is 0. The molecule has 0 fully saturated rings. The van der Waals surface area contributed by atoms with Crippen molar-refractivity contribution in [3.8, 4) is 0 Å². The number of aliphatic imine (C=N–C) groups is 1. The van der Waals surface area contributed by atoms with Crippen LogP contribution in [0.4, 0.5) is 0 Å². The summed E-state index contributed by atoms with van der Waals surface area (Å²) in [7, 11) is 0. The molecule has 1 heterocycles. The molecule has 0 amide bonds. The van der Waals surface area contributed by atoms with Gasteiger partial charge in [0.05, 0.1) is 0 Å². The van der Waals surface area contributed by atoms with E-state index in [1.165, 1.54) is 22.0 Å². The fraction of sp³-hybridized carbons (Fsp3) is 0.267. The van der Waals surface area contributed by atoms with Gasteiger partial charge in [-0.15, -0.1) is 0 Å². The molecule has 2 aromatic rings. The predicted molar refractivity (Wildman–Crippen MR) is 74.8 cm³/mol. The Morgan fingerprint density at radius 3 is 2.94 bits per heavy atom. The molecule has 1 N–H and O–H groups in total. The fourth-order valence-corrected chi connectivity index (χ4v) is 1.80. The second-order valence-corrected chi connectivity index (χ2v) is 4.41. The predicted octanol–water partition coefficient (Wildman–Crippen LogP) is 3.75. The van der Waals surface area contributed by atoms with Gasteiger partial charge in [-0.3, -0.25) is 4.99 Å². The van der Waals surface area contributed by atoms with Crippen LogP contribution in [0.5, 0.6) is 0 Å².